The molecule has 2 aromatic rings. The number of aryl methyl sites for hydroxylation is 1. The van der Waals surface area contributed by atoms with E-state index in [1.165, 1.54) is 17.4 Å². The summed E-state index contributed by atoms with van der Waals surface area (Å²) in [5.74, 6) is -0.551. The number of thiazole rings is 1. The molecule has 0 aromatic carbocycles. The van der Waals surface area contributed by atoms with Crippen LogP contribution in [0.2, 0.25) is 0 Å². The van der Waals surface area contributed by atoms with E-state index in [1.807, 2.05) is 20.8 Å². The van der Waals surface area contributed by atoms with Crippen LogP contribution in [0.4, 0.5) is 0 Å². The minimum atomic E-state index is -1.05. The Bertz CT molecular complexity index is 709. The second-order valence-electron chi connectivity index (χ2n) is 5.95. The number of rotatable bonds is 4. The number of furan rings is 1. The van der Waals surface area contributed by atoms with Gasteiger partial charge in [-0.2, -0.15) is 0 Å². The van der Waals surface area contributed by atoms with Crippen molar-refractivity contribution < 1.29 is 19.1 Å². The minimum absolute atomic E-state index is 0.109. The smallest absolute Gasteiger partial charge is 0.339 e. The zero-order valence-electron chi connectivity index (χ0n) is 12.9. The lowest BCUT2D eigenvalue weighted by Gasteiger charge is -2.17. The van der Waals surface area contributed by atoms with Gasteiger partial charge in [-0.15, -0.1) is 11.3 Å². The molecule has 2 rings (SSSR count). The van der Waals surface area contributed by atoms with Gasteiger partial charge in [0.2, 0.25) is 0 Å². The number of nitrogens with zero attached hydrogens (tertiary/aromatic N) is 1. The normalized spacial score (nSPS) is 11.5. The fourth-order valence-electron chi connectivity index (χ4n) is 2.03. The first-order chi connectivity index (χ1) is 10.2. The Balaban J connectivity index is 2.09. The number of nitrogens with one attached hydrogen (secondary N) is 1. The molecule has 22 heavy (non-hydrogen) atoms. The van der Waals surface area contributed by atoms with Gasteiger partial charge in [-0.1, -0.05) is 20.8 Å². The van der Waals surface area contributed by atoms with E-state index in [1.54, 1.807) is 12.4 Å². The number of amides is 1. The fraction of sp³-hybridized carbons (Fsp3) is 0.400. The number of hydrogen-bond donors (Lipinski definition) is 2. The summed E-state index contributed by atoms with van der Waals surface area (Å²) < 4.78 is 5.33. The van der Waals surface area contributed by atoms with E-state index in [-0.39, 0.29) is 23.4 Å². The van der Waals surface area contributed by atoms with E-state index in [0.717, 1.165) is 5.69 Å². The second-order valence-corrected chi connectivity index (χ2v) is 6.81. The van der Waals surface area contributed by atoms with Crippen molar-refractivity contribution in [3.63, 3.8) is 0 Å². The van der Waals surface area contributed by atoms with E-state index in [2.05, 4.69) is 10.3 Å². The Hall–Kier alpha value is -2.15. The summed E-state index contributed by atoms with van der Waals surface area (Å²) in [6.07, 6.45) is 0. The van der Waals surface area contributed by atoms with Crippen molar-refractivity contribution in [1.29, 1.82) is 0 Å². The number of carboxylic acid groups (broad SMARTS) is 1. The van der Waals surface area contributed by atoms with Crippen LogP contribution in [0.5, 0.6) is 0 Å². The first kappa shape index (κ1) is 16.2. The van der Waals surface area contributed by atoms with Crippen LogP contribution in [0.3, 0.4) is 0 Å². The van der Waals surface area contributed by atoms with Crippen LogP contribution in [-0.4, -0.2) is 22.0 Å². The monoisotopic (exact) mass is 322 g/mol. The predicted molar refractivity (Wildman–Crippen MR) is 82.4 cm³/mol. The molecule has 0 spiro atoms. The first-order valence-electron chi connectivity index (χ1n) is 6.75. The van der Waals surface area contributed by atoms with Gasteiger partial charge in [0.25, 0.3) is 5.91 Å². The van der Waals surface area contributed by atoms with Crippen LogP contribution in [0.25, 0.3) is 0 Å². The topological polar surface area (TPSA) is 92.4 Å². The third-order valence-corrected chi connectivity index (χ3v) is 3.93. The van der Waals surface area contributed by atoms with E-state index in [9.17, 15) is 9.59 Å². The van der Waals surface area contributed by atoms with Crippen LogP contribution < -0.4 is 5.32 Å². The summed E-state index contributed by atoms with van der Waals surface area (Å²) in [7, 11) is 0. The highest BCUT2D eigenvalue weighted by atomic mass is 32.1. The largest absolute Gasteiger partial charge is 0.478 e. The molecule has 2 aromatic heterocycles. The average Bonchev–Trinajstić information content (AvgIpc) is 3.01. The van der Waals surface area contributed by atoms with Gasteiger partial charge >= 0.3 is 5.97 Å². The molecule has 118 valence electrons. The summed E-state index contributed by atoms with van der Waals surface area (Å²) in [5.41, 5.74) is 2.29. The Kier molecular flexibility index (Phi) is 4.37. The van der Waals surface area contributed by atoms with Gasteiger partial charge in [0.05, 0.1) is 17.7 Å². The van der Waals surface area contributed by atoms with E-state index in [0.29, 0.717) is 16.4 Å². The number of carboxylic acids is 1. The molecule has 2 heterocycles. The Labute approximate surface area is 132 Å². The third kappa shape index (κ3) is 3.36. The number of hydrogen-bond acceptors (Lipinski definition) is 5. The lowest BCUT2D eigenvalue weighted by Crippen LogP contribution is -2.25. The fourth-order valence-corrected chi connectivity index (χ4v) is 2.95. The second kappa shape index (κ2) is 5.92. The van der Waals surface area contributed by atoms with Crippen LogP contribution in [0.15, 0.2) is 16.0 Å². The Morgan fingerprint density at radius 3 is 2.64 bits per heavy atom. The summed E-state index contributed by atoms with van der Waals surface area (Å²) >= 11 is 1.29. The minimum Gasteiger partial charge on any atom is -0.478 e. The van der Waals surface area contributed by atoms with E-state index >= 15 is 0 Å². The molecule has 0 aliphatic carbocycles. The molecule has 0 radical (unpaired) electrons. The summed E-state index contributed by atoms with van der Waals surface area (Å²) in [5, 5.41) is 11.7. The molecule has 0 saturated carbocycles. The van der Waals surface area contributed by atoms with Crippen molar-refractivity contribution >= 4 is 23.2 Å². The van der Waals surface area contributed by atoms with Crippen LogP contribution >= 0.6 is 11.3 Å². The maximum atomic E-state index is 12.3. The third-order valence-electron chi connectivity index (χ3n) is 3.11. The van der Waals surface area contributed by atoms with Crippen molar-refractivity contribution in [1.82, 2.24) is 10.3 Å². The lowest BCUT2D eigenvalue weighted by atomic mass is 9.91. The molecule has 7 heteroatoms. The molecule has 0 fully saturated rings. The van der Waals surface area contributed by atoms with Gasteiger partial charge in [-0.3, -0.25) is 4.79 Å². The molecule has 0 bridgehead atoms. The number of aromatic nitrogens is 1. The number of carbonyl (C=O) groups excluding carboxylic acids is 1. The molecule has 0 atom stereocenters. The summed E-state index contributed by atoms with van der Waals surface area (Å²) in [6, 6.07) is 1.43. The zero-order chi connectivity index (χ0) is 16.5. The molecular weight excluding hydrogens is 304 g/mol. The Morgan fingerprint density at radius 2 is 2.09 bits per heavy atom. The Morgan fingerprint density at radius 1 is 1.41 bits per heavy atom. The standard InChI is InChI=1S/C15H18N2O4S/c1-8-10(14(19)20)5-9(21-8)6-16-13(18)11-12(15(2,3)4)17-7-22-11/h5,7H,6H2,1-4H3,(H,16,18)(H,19,20). The van der Waals surface area contributed by atoms with Crippen molar-refractivity contribution in [2.75, 3.05) is 0 Å². The molecule has 0 saturated heterocycles. The summed E-state index contributed by atoms with van der Waals surface area (Å²) in [4.78, 5) is 28.1. The highest BCUT2D eigenvalue weighted by Crippen LogP contribution is 2.27. The van der Waals surface area contributed by atoms with Gasteiger partial charge in [-0.05, 0) is 13.0 Å². The van der Waals surface area contributed by atoms with Gasteiger partial charge in [0.15, 0.2) is 0 Å². The first-order valence-corrected chi connectivity index (χ1v) is 7.63. The number of aromatic carboxylic acids is 1. The SMILES string of the molecule is Cc1oc(CNC(=O)c2scnc2C(C)(C)C)cc1C(=O)O. The molecule has 0 aliphatic heterocycles. The molecular formula is C15H18N2O4S. The summed E-state index contributed by atoms with van der Waals surface area (Å²) in [6.45, 7) is 7.69. The van der Waals surface area contributed by atoms with Crippen LogP contribution in [0, 0.1) is 6.92 Å². The number of carbonyl (C=O) groups is 2. The van der Waals surface area contributed by atoms with Crippen LogP contribution in [-0.2, 0) is 12.0 Å². The molecule has 0 aliphatic rings. The molecule has 2 N–H and O–H groups in total. The molecule has 1 amide bonds. The van der Waals surface area contributed by atoms with Gasteiger partial charge in [0, 0.05) is 5.41 Å². The maximum Gasteiger partial charge on any atom is 0.339 e. The van der Waals surface area contributed by atoms with Crippen molar-refractivity contribution in [3.05, 3.63) is 39.2 Å². The maximum absolute atomic E-state index is 12.3. The molecule has 6 nitrogen and oxygen atoms in total. The van der Waals surface area contributed by atoms with Crippen molar-refractivity contribution in [2.24, 2.45) is 0 Å². The lowest BCUT2D eigenvalue weighted by molar-refractivity contribution is 0.0694. The highest BCUT2D eigenvalue weighted by molar-refractivity contribution is 7.11. The van der Waals surface area contributed by atoms with Crippen LogP contribution in [0.1, 0.15) is 58.0 Å². The molecule has 0 unspecified atom stereocenters. The van der Waals surface area contributed by atoms with E-state index < -0.39 is 5.97 Å². The van der Waals surface area contributed by atoms with Crippen molar-refractivity contribution in [2.45, 2.75) is 39.7 Å². The average molecular weight is 322 g/mol. The highest BCUT2D eigenvalue weighted by Gasteiger charge is 2.25. The van der Waals surface area contributed by atoms with Gasteiger partial charge < -0.3 is 14.8 Å². The van der Waals surface area contributed by atoms with Crippen molar-refractivity contribution in [3.8, 4) is 0 Å². The quantitative estimate of drug-likeness (QED) is 0.902. The predicted octanol–water partition coefficient (Wildman–Crippen LogP) is 2.97. The van der Waals surface area contributed by atoms with E-state index in [4.69, 9.17) is 9.52 Å². The zero-order valence-corrected chi connectivity index (χ0v) is 13.7. The van der Waals surface area contributed by atoms with Gasteiger partial charge in [-0.25, -0.2) is 9.78 Å². The van der Waals surface area contributed by atoms with Gasteiger partial charge in [0.1, 0.15) is 22.0 Å².